The standard InChI is InChI=1S/C30H53ClN2O.ClH/c1-4-5-6-7-8-9-10-11-12-13-14-15-16-17-18-20-30(34)32-25-19-26-33(2,3)27-28-21-23-29(31)24-22-28;/h21-24H,4-20,25-27H2,1-3H3;1H. The van der Waals surface area contributed by atoms with Crippen LogP contribution in [-0.2, 0) is 11.3 Å². The lowest BCUT2D eigenvalue weighted by Gasteiger charge is -2.30. The number of quaternary nitrogens is 1. The Labute approximate surface area is 228 Å². The Kier molecular flexibility index (Phi) is 21.9. The van der Waals surface area contributed by atoms with E-state index in [-0.39, 0.29) is 18.3 Å². The van der Waals surface area contributed by atoms with Crippen molar-refractivity contribution >= 4 is 17.5 Å². The average molecular weight is 530 g/mol. The van der Waals surface area contributed by atoms with Gasteiger partial charge >= 0.3 is 0 Å². The summed E-state index contributed by atoms with van der Waals surface area (Å²) < 4.78 is 0.913. The van der Waals surface area contributed by atoms with Crippen LogP contribution in [0.1, 0.15) is 122 Å². The first kappa shape index (κ1) is 34.2. The van der Waals surface area contributed by atoms with Gasteiger partial charge in [0.1, 0.15) is 6.54 Å². The van der Waals surface area contributed by atoms with Crippen LogP contribution < -0.4 is 17.7 Å². The number of carbonyl (C=O) groups is 1. The second-order valence-corrected chi connectivity index (χ2v) is 11.3. The molecular weight excluding hydrogens is 475 g/mol. The maximum absolute atomic E-state index is 12.1. The molecule has 0 saturated carbocycles. The van der Waals surface area contributed by atoms with E-state index in [0.29, 0.717) is 6.42 Å². The summed E-state index contributed by atoms with van der Waals surface area (Å²) in [6.45, 7) is 5.08. The molecule has 3 nitrogen and oxygen atoms in total. The number of nitrogens with zero attached hydrogens (tertiary/aromatic N) is 1. The van der Waals surface area contributed by atoms with Crippen molar-refractivity contribution in [3.63, 3.8) is 0 Å². The van der Waals surface area contributed by atoms with Crippen LogP contribution in [0.15, 0.2) is 24.3 Å². The molecule has 0 aliphatic carbocycles. The third-order valence-electron chi connectivity index (χ3n) is 6.79. The number of halogens is 2. The zero-order chi connectivity index (χ0) is 24.9. The number of hydrogen-bond acceptors (Lipinski definition) is 1. The molecule has 35 heavy (non-hydrogen) atoms. The molecule has 0 aliphatic rings. The number of rotatable bonds is 22. The average Bonchev–Trinajstić information content (AvgIpc) is 2.80. The van der Waals surface area contributed by atoms with Crippen molar-refractivity contribution in [2.45, 2.75) is 123 Å². The highest BCUT2D eigenvalue weighted by Crippen LogP contribution is 2.15. The molecule has 0 heterocycles. The van der Waals surface area contributed by atoms with Crippen molar-refractivity contribution < 1.29 is 21.7 Å². The van der Waals surface area contributed by atoms with Crippen molar-refractivity contribution in [1.29, 1.82) is 0 Å². The predicted molar refractivity (Wildman–Crippen MR) is 149 cm³/mol. The Morgan fingerprint density at radius 2 is 1.20 bits per heavy atom. The van der Waals surface area contributed by atoms with Crippen molar-refractivity contribution in [2.24, 2.45) is 0 Å². The molecule has 0 saturated heterocycles. The molecule has 0 fully saturated rings. The van der Waals surface area contributed by atoms with Gasteiger partial charge in [-0.25, -0.2) is 0 Å². The van der Waals surface area contributed by atoms with E-state index >= 15 is 0 Å². The summed E-state index contributed by atoms with van der Waals surface area (Å²) in [6.07, 6.45) is 22.0. The van der Waals surface area contributed by atoms with Crippen LogP contribution in [0, 0.1) is 0 Å². The van der Waals surface area contributed by atoms with Gasteiger partial charge in [-0.3, -0.25) is 4.79 Å². The van der Waals surface area contributed by atoms with E-state index in [1.54, 1.807) is 0 Å². The minimum absolute atomic E-state index is 0. The number of nitrogens with one attached hydrogen (secondary N) is 1. The Morgan fingerprint density at radius 3 is 1.69 bits per heavy atom. The molecule has 0 unspecified atom stereocenters. The molecule has 0 atom stereocenters. The molecule has 0 aromatic heterocycles. The molecule has 0 spiro atoms. The van der Waals surface area contributed by atoms with E-state index in [2.05, 4.69) is 38.5 Å². The van der Waals surface area contributed by atoms with Gasteiger partial charge in [0.15, 0.2) is 0 Å². The van der Waals surface area contributed by atoms with Crippen molar-refractivity contribution in [1.82, 2.24) is 5.32 Å². The molecule has 1 aromatic carbocycles. The number of unbranched alkanes of at least 4 members (excludes halogenated alkanes) is 14. The van der Waals surface area contributed by atoms with E-state index in [4.69, 9.17) is 11.6 Å². The minimum atomic E-state index is 0. The molecule has 1 N–H and O–H groups in total. The van der Waals surface area contributed by atoms with Gasteiger partial charge in [0.2, 0.25) is 5.91 Å². The number of amides is 1. The van der Waals surface area contributed by atoms with E-state index < -0.39 is 0 Å². The highest BCUT2D eigenvalue weighted by Gasteiger charge is 2.15. The van der Waals surface area contributed by atoms with Gasteiger partial charge < -0.3 is 22.2 Å². The second kappa shape index (κ2) is 22.4. The zero-order valence-corrected chi connectivity index (χ0v) is 24.6. The van der Waals surface area contributed by atoms with E-state index in [1.165, 1.54) is 95.5 Å². The molecule has 1 aromatic rings. The first-order chi connectivity index (χ1) is 16.4. The smallest absolute Gasteiger partial charge is 0.219 e. The number of benzene rings is 1. The predicted octanol–water partition coefficient (Wildman–Crippen LogP) is 5.69. The topological polar surface area (TPSA) is 29.1 Å². The number of hydrogen-bond donors (Lipinski definition) is 1. The van der Waals surface area contributed by atoms with Crippen LogP contribution in [0.4, 0.5) is 0 Å². The molecular formula is C30H54Cl2N2O. The maximum atomic E-state index is 12.1. The third-order valence-corrected chi connectivity index (χ3v) is 7.05. The van der Waals surface area contributed by atoms with Crippen molar-refractivity contribution in [3.8, 4) is 0 Å². The maximum Gasteiger partial charge on any atom is 0.219 e. The Morgan fingerprint density at radius 1 is 0.743 bits per heavy atom. The van der Waals surface area contributed by atoms with Gasteiger partial charge in [-0.1, -0.05) is 121 Å². The Balaban J connectivity index is 0.0000116. The van der Waals surface area contributed by atoms with Gasteiger partial charge in [-0.05, 0) is 18.6 Å². The Hall–Kier alpha value is -0.770. The summed E-state index contributed by atoms with van der Waals surface area (Å²) in [7, 11) is 4.48. The largest absolute Gasteiger partial charge is 1.00 e. The zero-order valence-electron chi connectivity index (χ0n) is 23.1. The lowest BCUT2D eigenvalue weighted by Crippen LogP contribution is -3.00. The normalized spacial score (nSPS) is 11.3. The quantitative estimate of drug-likeness (QED) is 0.152. The van der Waals surface area contributed by atoms with Crippen LogP contribution in [-0.4, -0.2) is 37.6 Å². The highest BCUT2D eigenvalue weighted by molar-refractivity contribution is 6.30. The highest BCUT2D eigenvalue weighted by atomic mass is 35.5. The van der Waals surface area contributed by atoms with Gasteiger partial charge in [0.05, 0.1) is 20.6 Å². The van der Waals surface area contributed by atoms with Gasteiger partial charge in [0, 0.05) is 30.0 Å². The fraction of sp³-hybridized carbons (Fsp3) is 0.767. The van der Waals surface area contributed by atoms with E-state index in [0.717, 1.165) is 42.0 Å². The van der Waals surface area contributed by atoms with Crippen molar-refractivity contribution in [3.05, 3.63) is 34.9 Å². The van der Waals surface area contributed by atoms with E-state index in [1.807, 2.05) is 12.1 Å². The molecule has 0 bridgehead atoms. The summed E-state index contributed by atoms with van der Waals surface area (Å²) >= 11 is 5.98. The van der Waals surface area contributed by atoms with Gasteiger partial charge in [0.25, 0.3) is 0 Å². The van der Waals surface area contributed by atoms with Crippen LogP contribution in [0.25, 0.3) is 0 Å². The lowest BCUT2D eigenvalue weighted by molar-refractivity contribution is -0.903. The molecule has 0 radical (unpaired) electrons. The lowest BCUT2D eigenvalue weighted by atomic mass is 10.0. The van der Waals surface area contributed by atoms with E-state index in [9.17, 15) is 4.79 Å². The van der Waals surface area contributed by atoms with Crippen LogP contribution in [0.2, 0.25) is 5.02 Å². The fourth-order valence-corrected chi connectivity index (χ4v) is 4.77. The minimum Gasteiger partial charge on any atom is -1.00 e. The van der Waals surface area contributed by atoms with Crippen molar-refractivity contribution in [2.75, 3.05) is 27.2 Å². The summed E-state index contributed by atoms with van der Waals surface area (Å²) in [6, 6.07) is 8.10. The van der Waals surface area contributed by atoms with Crippen LogP contribution >= 0.6 is 11.6 Å². The summed E-state index contributed by atoms with van der Waals surface area (Å²) in [4.78, 5) is 12.1. The third kappa shape index (κ3) is 21.1. The summed E-state index contributed by atoms with van der Waals surface area (Å²) in [5, 5.41) is 3.89. The SMILES string of the molecule is CCCCCCCCCCCCCCCCCC(=O)NCCC[N+](C)(C)Cc1ccc(Cl)cc1.[Cl-]. The summed E-state index contributed by atoms with van der Waals surface area (Å²) in [5.74, 6) is 0.220. The number of carbonyl (C=O) groups excluding carboxylic acids is 1. The summed E-state index contributed by atoms with van der Waals surface area (Å²) in [5.41, 5.74) is 1.30. The fourth-order valence-electron chi connectivity index (χ4n) is 4.64. The first-order valence-electron chi connectivity index (χ1n) is 14.3. The molecule has 1 amide bonds. The molecule has 204 valence electrons. The first-order valence-corrected chi connectivity index (χ1v) is 14.6. The molecule has 1 rings (SSSR count). The second-order valence-electron chi connectivity index (χ2n) is 10.8. The van der Waals surface area contributed by atoms with Gasteiger partial charge in [-0.15, -0.1) is 0 Å². The Bertz CT molecular complexity index is 619. The van der Waals surface area contributed by atoms with Crippen LogP contribution in [0.3, 0.4) is 0 Å². The molecule has 5 heteroatoms. The monoisotopic (exact) mass is 528 g/mol. The van der Waals surface area contributed by atoms with Crippen LogP contribution in [0.5, 0.6) is 0 Å². The van der Waals surface area contributed by atoms with Gasteiger partial charge in [-0.2, -0.15) is 0 Å². The molecule has 0 aliphatic heterocycles.